The maximum Gasteiger partial charge on any atom is 0.320 e. The number of nitrogens with zero attached hydrogens (tertiary/aromatic N) is 3. The minimum Gasteiger partial charge on any atom is -0.465 e. The molecule has 0 aliphatic rings. The highest BCUT2D eigenvalue weighted by Crippen LogP contribution is 2.13. The van der Waals surface area contributed by atoms with Crippen LogP contribution in [0.15, 0.2) is 37.2 Å². The predicted molar refractivity (Wildman–Crippen MR) is 82.3 cm³/mol. The van der Waals surface area contributed by atoms with Gasteiger partial charge in [0.05, 0.1) is 23.9 Å². The molecule has 0 saturated carbocycles. The lowest BCUT2D eigenvalue weighted by atomic mass is 10.4. The summed E-state index contributed by atoms with van der Waals surface area (Å²) in [6.07, 6.45) is 5.46. The molecule has 0 aromatic carbocycles. The van der Waals surface area contributed by atoms with E-state index in [1.807, 2.05) is 21.6 Å². The molecule has 0 fully saturated rings. The number of fused-ring (bicyclic) bond motifs is 1. The molecule has 0 aliphatic carbocycles. The zero-order valence-electron chi connectivity index (χ0n) is 12.0. The third-order valence-electron chi connectivity index (χ3n) is 2.90. The third-order valence-corrected chi connectivity index (χ3v) is 3.12. The summed E-state index contributed by atoms with van der Waals surface area (Å²) in [5.74, 6) is -0.244. The van der Waals surface area contributed by atoms with Crippen LogP contribution < -0.4 is 0 Å². The van der Waals surface area contributed by atoms with Gasteiger partial charge in [0.15, 0.2) is 0 Å². The lowest BCUT2D eigenvalue weighted by Gasteiger charge is -2.18. The van der Waals surface area contributed by atoms with Crippen LogP contribution in [0.1, 0.15) is 12.6 Å². The average Bonchev–Trinajstić information content (AvgIpc) is 2.80. The molecule has 0 atom stereocenters. The van der Waals surface area contributed by atoms with Gasteiger partial charge < -0.3 is 9.14 Å². The molecule has 2 aromatic heterocycles. The molecule has 0 aliphatic heterocycles. The average molecular weight is 308 g/mol. The van der Waals surface area contributed by atoms with E-state index in [0.717, 1.165) is 11.3 Å². The maximum absolute atomic E-state index is 11.6. The first-order chi connectivity index (χ1) is 10.1. The standard InChI is InChI=1S/C15H18ClN3O2/c1-3-7-18(11-15(20)21-4-2)9-13-10-19-8-12(16)5-6-14(19)17-13/h3,5-6,8,10H,1,4,7,9,11H2,2H3. The van der Waals surface area contributed by atoms with Gasteiger partial charge in [-0.1, -0.05) is 17.7 Å². The lowest BCUT2D eigenvalue weighted by molar-refractivity contribution is -0.144. The molecule has 5 nitrogen and oxygen atoms in total. The van der Waals surface area contributed by atoms with E-state index in [1.165, 1.54) is 0 Å². The Balaban J connectivity index is 2.10. The Morgan fingerprint density at radius 3 is 3.05 bits per heavy atom. The first kappa shape index (κ1) is 15.5. The Morgan fingerprint density at radius 2 is 2.33 bits per heavy atom. The number of imidazole rings is 1. The summed E-state index contributed by atoms with van der Waals surface area (Å²) in [7, 11) is 0. The number of rotatable bonds is 7. The van der Waals surface area contributed by atoms with Crippen LogP contribution >= 0.6 is 11.6 Å². The van der Waals surface area contributed by atoms with Crippen LogP contribution in [0.4, 0.5) is 0 Å². The molecule has 2 rings (SSSR count). The SMILES string of the molecule is C=CCN(CC(=O)OCC)Cc1cn2cc(Cl)ccc2n1. The number of esters is 1. The minimum atomic E-state index is -0.244. The van der Waals surface area contributed by atoms with Crippen molar-refractivity contribution >= 4 is 23.2 Å². The molecule has 0 bridgehead atoms. The summed E-state index contributed by atoms with van der Waals surface area (Å²) in [6, 6.07) is 3.66. The van der Waals surface area contributed by atoms with Crippen LogP contribution in [0.25, 0.3) is 5.65 Å². The van der Waals surface area contributed by atoms with Crippen LogP contribution in [0.3, 0.4) is 0 Å². The molecule has 0 radical (unpaired) electrons. The second-order valence-electron chi connectivity index (χ2n) is 4.61. The molecule has 0 unspecified atom stereocenters. The number of hydrogen-bond donors (Lipinski definition) is 0. The Labute approximate surface area is 128 Å². The van der Waals surface area contributed by atoms with Crippen molar-refractivity contribution in [3.8, 4) is 0 Å². The fourth-order valence-electron chi connectivity index (χ4n) is 2.08. The molecule has 0 N–H and O–H groups in total. The van der Waals surface area contributed by atoms with Gasteiger partial charge in [0.25, 0.3) is 0 Å². The van der Waals surface area contributed by atoms with Gasteiger partial charge in [-0.15, -0.1) is 6.58 Å². The molecular weight excluding hydrogens is 290 g/mol. The highest BCUT2D eigenvalue weighted by molar-refractivity contribution is 6.30. The van der Waals surface area contributed by atoms with Crippen molar-refractivity contribution in [3.05, 3.63) is 47.9 Å². The molecule has 2 heterocycles. The fraction of sp³-hybridized carbons (Fsp3) is 0.333. The molecule has 0 spiro atoms. The number of halogens is 1. The van der Waals surface area contributed by atoms with Gasteiger partial charge in [-0.3, -0.25) is 9.69 Å². The summed E-state index contributed by atoms with van der Waals surface area (Å²) in [4.78, 5) is 18.0. The maximum atomic E-state index is 11.6. The second-order valence-corrected chi connectivity index (χ2v) is 5.04. The van der Waals surface area contributed by atoms with Crippen LogP contribution in [0.5, 0.6) is 0 Å². The van der Waals surface area contributed by atoms with Gasteiger partial charge >= 0.3 is 5.97 Å². The predicted octanol–water partition coefficient (Wildman–Crippen LogP) is 2.54. The summed E-state index contributed by atoms with van der Waals surface area (Å²) < 4.78 is 6.84. The van der Waals surface area contributed by atoms with Crippen molar-refractivity contribution in [2.24, 2.45) is 0 Å². The van der Waals surface area contributed by atoms with Crippen LogP contribution in [-0.2, 0) is 16.1 Å². The van der Waals surface area contributed by atoms with Crippen molar-refractivity contribution in [3.63, 3.8) is 0 Å². The lowest BCUT2D eigenvalue weighted by Crippen LogP contribution is -2.31. The van der Waals surface area contributed by atoms with Gasteiger partial charge in [0.2, 0.25) is 0 Å². The molecule has 0 saturated heterocycles. The smallest absolute Gasteiger partial charge is 0.320 e. The number of carbonyl (C=O) groups excluding carboxylic acids is 1. The summed E-state index contributed by atoms with van der Waals surface area (Å²) >= 11 is 5.95. The summed E-state index contributed by atoms with van der Waals surface area (Å²) in [5, 5.41) is 0.654. The van der Waals surface area contributed by atoms with E-state index in [0.29, 0.717) is 24.7 Å². The first-order valence-corrected chi connectivity index (χ1v) is 7.12. The largest absolute Gasteiger partial charge is 0.465 e. The number of carbonyl (C=O) groups is 1. The van der Waals surface area contributed by atoms with E-state index >= 15 is 0 Å². The van der Waals surface area contributed by atoms with Crippen LogP contribution in [0, 0.1) is 0 Å². The van der Waals surface area contributed by atoms with E-state index in [9.17, 15) is 4.79 Å². The van der Waals surface area contributed by atoms with Gasteiger partial charge in [-0.25, -0.2) is 4.98 Å². The van der Waals surface area contributed by atoms with Crippen molar-refractivity contribution in [1.29, 1.82) is 0 Å². The van der Waals surface area contributed by atoms with Crippen molar-refractivity contribution in [2.75, 3.05) is 19.7 Å². The zero-order chi connectivity index (χ0) is 15.2. The van der Waals surface area contributed by atoms with Gasteiger partial charge in [-0.2, -0.15) is 0 Å². The van der Waals surface area contributed by atoms with Crippen molar-refractivity contribution in [1.82, 2.24) is 14.3 Å². The molecular formula is C15H18ClN3O2. The highest BCUT2D eigenvalue weighted by Gasteiger charge is 2.13. The topological polar surface area (TPSA) is 46.8 Å². The first-order valence-electron chi connectivity index (χ1n) is 6.74. The van der Waals surface area contributed by atoms with Crippen LogP contribution in [-0.4, -0.2) is 40.0 Å². The summed E-state index contributed by atoms with van der Waals surface area (Å²) in [6.45, 7) is 7.24. The fourth-order valence-corrected chi connectivity index (χ4v) is 2.25. The monoisotopic (exact) mass is 307 g/mol. The zero-order valence-corrected chi connectivity index (χ0v) is 12.7. The van der Waals surface area contributed by atoms with E-state index in [-0.39, 0.29) is 12.5 Å². The molecule has 21 heavy (non-hydrogen) atoms. The quantitative estimate of drug-likeness (QED) is 0.582. The van der Waals surface area contributed by atoms with E-state index < -0.39 is 0 Å². The summed E-state index contributed by atoms with van der Waals surface area (Å²) in [5.41, 5.74) is 1.69. The molecule has 2 aromatic rings. The highest BCUT2D eigenvalue weighted by atomic mass is 35.5. The Kier molecular flexibility index (Phi) is 5.36. The van der Waals surface area contributed by atoms with E-state index in [4.69, 9.17) is 16.3 Å². The van der Waals surface area contributed by atoms with Crippen LogP contribution in [0.2, 0.25) is 5.02 Å². The Hall–Kier alpha value is -1.85. The molecule has 112 valence electrons. The number of hydrogen-bond acceptors (Lipinski definition) is 4. The normalized spacial score (nSPS) is 11.0. The number of pyridine rings is 1. The van der Waals surface area contributed by atoms with Gasteiger partial charge in [0, 0.05) is 25.5 Å². The second kappa shape index (κ2) is 7.24. The van der Waals surface area contributed by atoms with Crippen molar-refractivity contribution in [2.45, 2.75) is 13.5 Å². The van der Waals surface area contributed by atoms with E-state index in [2.05, 4.69) is 11.6 Å². The molecule has 0 amide bonds. The third kappa shape index (κ3) is 4.31. The van der Waals surface area contributed by atoms with Crippen molar-refractivity contribution < 1.29 is 9.53 Å². The number of ether oxygens (including phenoxy) is 1. The minimum absolute atomic E-state index is 0.217. The Bertz CT molecular complexity index is 639. The van der Waals surface area contributed by atoms with Gasteiger partial charge in [-0.05, 0) is 19.1 Å². The van der Waals surface area contributed by atoms with Gasteiger partial charge in [0.1, 0.15) is 5.65 Å². The molecule has 6 heteroatoms. The Morgan fingerprint density at radius 1 is 1.52 bits per heavy atom. The van der Waals surface area contributed by atoms with E-state index in [1.54, 1.807) is 25.3 Å². The number of aromatic nitrogens is 2.